The van der Waals surface area contributed by atoms with E-state index < -0.39 is 0 Å². The molecular weight excluding hydrogens is 415 g/mol. The summed E-state index contributed by atoms with van der Waals surface area (Å²) in [4.78, 5) is 14.8. The Morgan fingerprint density at radius 1 is 1.14 bits per heavy atom. The van der Waals surface area contributed by atoms with Crippen molar-refractivity contribution in [3.8, 4) is 0 Å². The van der Waals surface area contributed by atoms with E-state index in [0.29, 0.717) is 27.4 Å². The van der Waals surface area contributed by atoms with Gasteiger partial charge in [0.05, 0.1) is 21.5 Å². The highest BCUT2D eigenvalue weighted by Crippen LogP contribution is 2.29. The molecule has 2 aromatic carbocycles. The predicted octanol–water partition coefficient (Wildman–Crippen LogP) is 5.33. The first-order valence-electron chi connectivity index (χ1n) is 8.69. The number of benzene rings is 2. The number of nitrogens with zero attached hydrogens (tertiary/aromatic N) is 4. The highest BCUT2D eigenvalue weighted by Gasteiger charge is 2.18. The molecule has 2 heterocycles. The number of anilines is 1. The Kier molecular flexibility index (Phi) is 5.44. The van der Waals surface area contributed by atoms with Crippen molar-refractivity contribution in [2.75, 3.05) is 17.2 Å². The lowest BCUT2D eigenvalue weighted by Gasteiger charge is -2.22. The molecule has 0 saturated carbocycles. The van der Waals surface area contributed by atoms with Crippen molar-refractivity contribution in [2.45, 2.75) is 12.1 Å². The van der Waals surface area contributed by atoms with Gasteiger partial charge in [-0.1, -0.05) is 71.4 Å². The number of rotatable bonds is 5. The molecule has 0 radical (unpaired) electrons. The zero-order valence-corrected chi connectivity index (χ0v) is 17.3. The van der Waals surface area contributed by atoms with E-state index in [1.807, 2.05) is 49.4 Å². The second-order valence-corrected chi connectivity index (χ2v) is 7.89. The number of fused-ring (bicyclic) bond motifs is 2. The molecule has 4 rings (SSSR count). The van der Waals surface area contributed by atoms with Crippen LogP contribution in [0.4, 0.5) is 5.69 Å². The van der Waals surface area contributed by atoms with Gasteiger partial charge in [-0.15, -0.1) is 10.2 Å². The number of hydrogen-bond acceptors (Lipinski definition) is 4. The Hall–Kier alpha value is -2.28. The highest BCUT2D eigenvalue weighted by molar-refractivity contribution is 7.99. The molecule has 0 bridgehead atoms. The van der Waals surface area contributed by atoms with E-state index >= 15 is 0 Å². The van der Waals surface area contributed by atoms with Crippen LogP contribution >= 0.6 is 35.0 Å². The van der Waals surface area contributed by atoms with Crippen molar-refractivity contribution in [1.82, 2.24) is 14.6 Å². The molecule has 28 heavy (non-hydrogen) atoms. The minimum Gasteiger partial charge on any atom is -0.311 e. The van der Waals surface area contributed by atoms with Crippen LogP contribution in [0.3, 0.4) is 0 Å². The monoisotopic (exact) mass is 430 g/mol. The van der Waals surface area contributed by atoms with Crippen LogP contribution in [0.5, 0.6) is 0 Å². The van der Waals surface area contributed by atoms with E-state index in [-0.39, 0.29) is 11.7 Å². The number of carbonyl (C=O) groups is 1. The van der Waals surface area contributed by atoms with Crippen LogP contribution < -0.4 is 4.90 Å². The average molecular weight is 431 g/mol. The summed E-state index contributed by atoms with van der Waals surface area (Å²) in [6, 6.07) is 15.7. The summed E-state index contributed by atoms with van der Waals surface area (Å²) in [7, 11) is 0. The van der Waals surface area contributed by atoms with Gasteiger partial charge in [-0.3, -0.25) is 9.20 Å². The Balaban J connectivity index is 1.59. The zero-order chi connectivity index (χ0) is 19.7. The minimum atomic E-state index is -0.00581. The SMILES string of the molecule is CCN(C(=O)CSc1nnc2c(Cl)cc(Cl)cn12)c1cccc2ccccc12. The Morgan fingerprint density at radius 3 is 2.75 bits per heavy atom. The normalized spacial score (nSPS) is 11.2. The van der Waals surface area contributed by atoms with Crippen molar-refractivity contribution in [2.24, 2.45) is 0 Å². The average Bonchev–Trinajstić information content (AvgIpc) is 3.10. The van der Waals surface area contributed by atoms with Crippen LogP contribution in [-0.4, -0.2) is 32.8 Å². The molecule has 0 atom stereocenters. The maximum Gasteiger partial charge on any atom is 0.237 e. The third kappa shape index (κ3) is 3.55. The Labute approximate surface area is 176 Å². The summed E-state index contributed by atoms with van der Waals surface area (Å²) < 4.78 is 1.71. The fourth-order valence-electron chi connectivity index (χ4n) is 3.13. The van der Waals surface area contributed by atoms with Crippen molar-refractivity contribution in [3.63, 3.8) is 0 Å². The first-order chi connectivity index (χ1) is 13.6. The predicted molar refractivity (Wildman–Crippen MR) is 116 cm³/mol. The van der Waals surface area contributed by atoms with Crippen LogP contribution in [-0.2, 0) is 4.79 Å². The van der Waals surface area contributed by atoms with Crippen molar-refractivity contribution >= 4 is 63.0 Å². The van der Waals surface area contributed by atoms with Crippen molar-refractivity contribution < 1.29 is 4.79 Å². The molecule has 4 aromatic rings. The lowest BCUT2D eigenvalue weighted by atomic mass is 10.1. The first-order valence-corrected chi connectivity index (χ1v) is 10.4. The third-order valence-electron chi connectivity index (χ3n) is 4.39. The Bertz CT molecular complexity index is 1170. The summed E-state index contributed by atoms with van der Waals surface area (Å²) in [6.07, 6.45) is 1.69. The Morgan fingerprint density at radius 2 is 1.93 bits per heavy atom. The van der Waals surface area contributed by atoms with Gasteiger partial charge in [-0.05, 0) is 24.4 Å². The summed E-state index contributed by atoms with van der Waals surface area (Å²) in [5.41, 5.74) is 1.42. The number of thioether (sulfide) groups is 1. The zero-order valence-electron chi connectivity index (χ0n) is 15.0. The van der Waals surface area contributed by atoms with Gasteiger partial charge in [0.1, 0.15) is 0 Å². The fourth-order valence-corrected chi connectivity index (χ4v) is 4.42. The first kappa shape index (κ1) is 19.1. The largest absolute Gasteiger partial charge is 0.311 e. The number of pyridine rings is 1. The van der Waals surface area contributed by atoms with E-state index in [4.69, 9.17) is 23.2 Å². The molecule has 8 heteroatoms. The quantitative estimate of drug-likeness (QED) is 0.401. The van der Waals surface area contributed by atoms with Crippen molar-refractivity contribution in [1.29, 1.82) is 0 Å². The van der Waals surface area contributed by atoms with Crippen LogP contribution in [0.2, 0.25) is 10.0 Å². The molecule has 2 aromatic heterocycles. The van der Waals surface area contributed by atoms with E-state index in [0.717, 1.165) is 16.5 Å². The van der Waals surface area contributed by atoms with Crippen LogP contribution in [0.15, 0.2) is 59.9 Å². The maximum atomic E-state index is 13.0. The summed E-state index contributed by atoms with van der Waals surface area (Å²) in [5.74, 6) is 0.218. The van der Waals surface area contributed by atoms with E-state index in [1.54, 1.807) is 21.6 Å². The number of halogens is 2. The highest BCUT2D eigenvalue weighted by atomic mass is 35.5. The van der Waals surface area contributed by atoms with Gasteiger partial charge >= 0.3 is 0 Å². The summed E-state index contributed by atoms with van der Waals surface area (Å²) in [5, 5.41) is 11.8. The van der Waals surface area contributed by atoms with Gasteiger partial charge in [-0.2, -0.15) is 0 Å². The van der Waals surface area contributed by atoms with E-state index in [1.165, 1.54) is 11.8 Å². The van der Waals surface area contributed by atoms with Gasteiger partial charge in [0, 0.05) is 18.1 Å². The van der Waals surface area contributed by atoms with Gasteiger partial charge in [0.15, 0.2) is 10.8 Å². The number of hydrogen-bond donors (Lipinski definition) is 0. The number of carbonyl (C=O) groups excluding carboxylic acids is 1. The molecule has 0 N–H and O–H groups in total. The molecule has 0 aliphatic carbocycles. The smallest absolute Gasteiger partial charge is 0.237 e. The minimum absolute atomic E-state index is 0.00581. The number of amides is 1. The molecule has 0 spiro atoms. The molecular formula is C20H16Cl2N4OS. The van der Waals surface area contributed by atoms with Crippen LogP contribution in [0.25, 0.3) is 16.4 Å². The van der Waals surface area contributed by atoms with Crippen LogP contribution in [0.1, 0.15) is 6.92 Å². The lowest BCUT2D eigenvalue weighted by Crippen LogP contribution is -2.32. The van der Waals surface area contributed by atoms with Crippen molar-refractivity contribution in [3.05, 3.63) is 64.8 Å². The topological polar surface area (TPSA) is 50.5 Å². The van der Waals surface area contributed by atoms with Gasteiger partial charge in [-0.25, -0.2) is 0 Å². The van der Waals surface area contributed by atoms with Gasteiger partial charge in [0.25, 0.3) is 0 Å². The summed E-state index contributed by atoms with van der Waals surface area (Å²) >= 11 is 13.5. The molecule has 1 amide bonds. The third-order valence-corrected chi connectivity index (χ3v) is 5.81. The fraction of sp³-hybridized carbons (Fsp3) is 0.150. The van der Waals surface area contributed by atoms with E-state index in [9.17, 15) is 4.79 Å². The molecule has 0 saturated heterocycles. The second kappa shape index (κ2) is 7.99. The standard InChI is InChI=1S/C20H16Cl2N4OS/c1-2-25(17-9-5-7-13-6-3-4-8-15(13)17)18(27)12-28-20-24-23-19-16(22)10-14(21)11-26(19)20/h3-11H,2,12H2,1H3. The molecule has 5 nitrogen and oxygen atoms in total. The molecule has 0 unspecified atom stereocenters. The molecule has 0 aliphatic rings. The second-order valence-electron chi connectivity index (χ2n) is 6.11. The van der Waals surface area contributed by atoms with Gasteiger partial charge < -0.3 is 4.90 Å². The number of aromatic nitrogens is 3. The summed E-state index contributed by atoms with van der Waals surface area (Å²) in [6.45, 7) is 2.54. The van der Waals surface area contributed by atoms with Crippen LogP contribution in [0, 0.1) is 0 Å². The molecule has 142 valence electrons. The molecule has 0 aliphatic heterocycles. The van der Waals surface area contributed by atoms with Gasteiger partial charge in [0.2, 0.25) is 5.91 Å². The lowest BCUT2D eigenvalue weighted by molar-refractivity contribution is -0.116. The molecule has 0 fully saturated rings. The maximum absolute atomic E-state index is 13.0. The van der Waals surface area contributed by atoms with E-state index in [2.05, 4.69) is 10.2 Å².